The molecule has 1 aromatic rings. The van der Waals surface area contributed by atoms with Crippen molar-refractivity contribution in [1.82, 2.24) is 4.90 Å². The van der Waals surface area contributed by atoms with E-state index in [0.29, 0.717) is 0 Å². The molecule has 0 atom stereocenters. The summed E-state index contributed by atoms with van der Waals surface area (Å²) >= 11 is 3.29. The van der Waals surface area contributed by atoms with E-state index in [9.17, 15) is 4.79 Å². The predicted octanol–water partition coefficient (Wildman–Crippen LogP) is 3.97. The molecule has 0 N–H and O–H groups in total. The molecule has 0 bridgehead atoms. The highest BCUT2D eigenvalue weighted by Gasteiger charge is 2.03. The quantitative estimate of drug-likeness (QED) is 0.575. The van der Waals surface area contributed by atoms with Crippen LogP contribution < -0.4 is 0 Å². The van der Waals surface area contributed by atoms with Crippen LogP contribution >= 0.6 is 23.5 Å². The first-order valence-electron chi connectivity index (χ1n) is 5.72. The zero-order valence-electron chi connectivity index (χ0n) is 10.4. The molecule has 0 fully saturated rings. The second kappa shape index (κ2) is 8.48. The number of hydrogen-bond donors (Lipinski definition) is 0. The number of benzene rings is 1. The van der Waals surface area contributed by atoms with Crippen LogP contribution in [-0.4, -0.2) is 35.7 Å². The van der Waals surface area contributed by atoms with Gasteiger partial charge < -0.3 is 4.90 Å². The number of carbonyl (C=O) groups is 1. The van der Waals surface area contributed by atoms with Crippen LogP contribution in [0.3, 0.4) is 0 Å². The van der Waals surface area contributed by atoms with Gasteiger partial charge in [0, 0.05) is 24.7 Å². The molecule has 1 rings (SSSR count). The molecule has 1 aromatic carbocycles. The summed E-state index contributed by atoms with van der Waals surface area (Å²) in [5, 5.41) is 0.153. The second-order valence-corrected chi connectivity index (χ2v) is 6.09. The maximum absolute atomic E-state index is 11.3. The molecule has 0 aliphatic rings. The van der Waals surface area contributed by atoms with Gasteiger partial charge in [0.15, 0.2) is 0 Å². The van der Waals surface area contributed by atoms with Crippen molar-refractivity contribution in [2.45, 2.75) is 17.7 Å². The number of thioether (sulfide) groups is 2. The Kier molecular flexibility index (Phi) is 7.21. The summed E-state index contributed by atoms with van der Waals surface area (Å²) in [6, 6.07) is 10.4. The molecule has 0 aliphatic carbocycles. The number of amides is 1. The third-order valence-corrected chi connectivity index (χ3v) is 4.34. The van der Waals surface area contributed by atoms with Crippen molar-refractivity contribution in [2.75, 3.05) is 25.6 Å². The first-order valence-corrected chi connectivity index (χ1v) is 7.69. The van der Waals surface area contributed by atoms with Crippen molar-refractivity contribution in [3.05, 3.63) is 30.3 Å². The topological polar surface area (TPSA) is 20.3 Å². The van der Waals surface area contributed by atoms with E-state index in [2.05, 4.69) is 24.3 Å². The van der Waals surface area contributed by atoms with Crippen molar-refractivity contribution in [3.8, 4) is 0 Å². The minimum Gasteiger partial charge on any atom is -0.340 e. The number of nitrogens with zero attached hydrogens (tertiary/aromatic N) is 1. The minimum atomic E-state index is 0.153. The van der Waals surface area contributed by atoms with E-state index in [1.165, 1.54) is 16.7 Å². The summed E-state index contributed by atoms with van der Waals surface area (Å²) in [6.07, 6.45) is 2.26. The smallest absolute Gasteiger partial charge is 0.281 e. The van der Waals surface area contributed by atoms with Crippen LogP contribution in [0.2, 0.25) is 0 Å². The molecule has 2 nitrogen and oxygen atoms in total. The molecule has 0 saturated carbocycles. The van der Waals surface area contributed by atoms with E-state index in [4.69, 9.17) is 0 Å². The monoisotopic (exact) mass is 269 g/mol. The van der Waals surface area contributed by atoms with Crippen LogP contribution in [0.5, 0.6) is 0 Å². The summed E-state index contributed by atoms with van der Waals surface area (Å²) in [6.45, 7) is 0. The summed E-state index contributed by atoms with van der Waals surface area (Å²) in [5.74, 6) is 2.05. The van der Waals surface area contributed by atoms with Gasteiger partial charge in [0.25, 0.3) is 5.24 Å². The maximum atomic E-state index is 11.3. The lowest BCUT2D eigenvalue weighted by Crippen LogP contribution is -2.16. The molecular formula is C13H19NOS2. The number of hydrogen-bond acceptors (Lipinski definition) is 3. The molecule has 0 radical (unpaired) electrons. The largest absolute Gasteiger partial charge is 0.340 e. The first-order chi connectivity index (χ1) is 8.20. The fourth-order valence-corrected chi connectivity index (χ4v) is 2.91. The van der Waals surface area contributed by atoms with Crippen LogP contribution in [0.15, 0.2) is 35.2 Å². The van der Waals surface area contributed by atoms with Crippen LogP contribution in [0.25, 0.3) is 0 Å². The maximum Gasteiger partial charge on any atom is 0.281 e. The normalized spacial score (nSPS) is 10.2. The average molecular weight is 269 g/mol. The van der Waals surface area contributed by atoms with Crippen molar-refractivity contribution < 1.29 is 4.79 Å². The molecule has 4 heteroatoms. The third-order valence-electron chi connectivity index (χ3n) is 2.14. The Morgan fingerprint density at radius 3 is 2.41 bits per heavy atom. The van der Waals surface area contributed by atoms with E-state index in [1.807, 2.05) is 17.8 Å². The van der Waals surface area contributed by atoms with Gasteiger partial charge in [0.05, 0.1) is 0 Å². The van der Waals surface area contributed by atoms with Gasteiger partial charge >= 0.3 is 0 Å². The lowest BCUT2D eigenvalue weighted by molar-refractivity contribution is 0.241. The summed E-state index contributed by atoms with van der Waals surface area (Å²) in [7, 11) is 3.58. The molecule has 0 saturated heterocycles. The third kappa shape index (κ3) is 6.64. The van der Waals surface area contributed by atoms with Gasteiger partial charge in [0.2, 0.25) is 0 Å². The number of unbranched alkanes of at least 4 members (excludes halogenated alkanes) is 1. The standard InChI is InChI=1S/C13H19NOS2/c1-14(2)13(15)17-11-7-6-10-16-12-8-4-3-5-9-12/h3-5,8-9H,6-7,10-11H2,1-2H3. The molecule has 94 valence electrons. The van der Waals surface area contributed by atoms with Gasteiger partial charge in [-0.15, -0.1) is 11.8 Å². The van der Waals surface area contributed by atoms with Crippen molar-refractivity contribution in [1.29, 1.82) is 0 Å². The number of rotatable bonds is 6. The van der Waals surface area contributed by atoms with Crippen LogP contribution in [0.4, 0.5) is 4.79 Å². The highest BCUT2D eigenvalue weighted by molar-refractivity contribution is 8.13. The minimum absolute atomic E-state index is 0.153. The Hall–Kier alpha value is -0.610. The van der Waals surface area contributed by atoms with E-state index >= 15 is 0 Å². The Balaban J connectivity index is 2.00. The van der Waals surface area contributed by atoms with E-state index in [1.54, 1.807) is 19.0 Å². The van der Waals surface area contributed by atoms with Gasteiger partial charge in [-0.2, -0.15) is 0 Å². The first kappa shape index (κ1) is 14.5. The highest BCUT2D eigenvalue weighted by Crippen LogP contribution is 2.19. The summed E-state index contributed by atoms with van der Waals surface area (Å²) < 4.78 is 0. The fraction of sp³-hybridized carbons (Fsp3) is 0.462. The zero-order chi connectivity index (χ0) is 12.5. The summed E-state index contributed by atoms with van der Waals surface area (Å²) in [4.78, 5) is 14.2. The molecule has 0 aliphatic heterocycles. The second-order valence-electron chi connectivity index (χ2n) is 3.88. The van der Waals surface area contributed by atoms with Gasteiger partial charge in [-0.1, -0.05) is 30.0 Å². The van der Waals surface area contributed by atoms with Gasteiger partial charge in [-0.25, -0.2) is 0 Å². The average Bonchev–Trinajstić information content (AvgIpc) is 2.34. The molecular weight excluding hydrogens is 250 g/mol. The summed E-state index contributed by atoms with van der Waals surface area (Å²) in [5.41, 5.74) is 0. The molecule has 0 aromatic heterocycles. The lowest BCUT2D eigenvalue weighted by atomic mass is 10.4. The molecule has 1 amide bonds. The van der Waals surface area contributed by atoms with Gasteiger partial charge in [-0.05, 0) is 30.7 Å². The zero-order valence-corrected chi connectivity index (χ0v) is 12.0. The SMILES string of the molecule is CN(C)C(=O)SCCCCSc1ccccc1. The molecule has 0 spiro atoms. The Bertz CT molecular complexity index is 327. The number of carbonyl (C=O) groups excluding carboxylic acids is 1. The Morgan fingerprint density at radius 2 is 1.76 bits per heavy atom. The van der Waals surface area contributed by atoms with E-state index in [0.717, 1.165) is 24.3 Å². The lowest BCUT2D eigenvalue weighted by Gasteiger charge is -2.08. The Morgan fingerprint density at radius 1 is 1.12 bits per heavy atom. The van der Waals surface area contributed by atoms with Crippen LogP contribution in [-0.2, 0) is 0 Å². The molecule has 0 heterocycles. The van der Waals surface area contributed by atoms with E-state index < -0.39 is 0 Å². The van der Waals surface area contributed by atoms with Crippen LogP contribution in [0, 0.1) is 0 Å². The Labute approximate surface area is 112 Å². The van der Waals surface area contributed by atoms with Crippen molar-refractivity contribution in [2.24, 2.45) is 0 Å². The molecule has 0 unspecified atom stereocenters. The predicted molar refractivity (Wildman–Crippen MR) is 77.9 cm³/mol. The van der Waals surface area contributed by atoms with Gasteiger partial charge in [0.1, 0.15) is 0 Å². The fourth-order valence-electron chi connectivity index (χ4n) is 1.20. The van der Waals surface area contributed by atoms with Crippen molar-refractivity contribution in [3.63, 3.8) is 0 Å². The van der Waals surface area contributed by atoms with E-state index in [-0.39, 0.29) is 5.24 Å². The molecule has 17 heavy (non-hydrogen) atoms. The van der Waals surface area contributed by atoms with Crippen LogP contribution in [0.1, 0.15) is 12.8 Å². The highest BCUT2D eigenvalue weighted by atomic mass is 32.2. The van der Waals surface area contributed by atoms with Gasteiger partial charge in [-0.3, -0.25) is 4.79 Å². The van der Waals surface area contributed by atoms with Crippen molar-refractivity contribution >= 4 is 28.8 Å².